The summed E-state index contributed by atoms with van der Waals surface area (Å²) in [7, 11) is 0. The lowest BCUT2D eigenvalue weighted by atomic mass is 9.90. The van der Waals surface area contributed by atoms with E-state index in [1.54, 1.807) is 0 Å². The van der Waals surface area contributed by atoms with Gasteiger partial charge in [0.05, 0.1) is 0 Å². The molecule has 16 heavy (non-hydrogen) atoms. The van der Waals surface area contributed by atoms with Crippen LogP contribution in [0.15, 0.2) is 36.9 Å². The highest BCUT2D eigenvalue weighted by atomic mass is 15.2. The average Bonchev–Trinajstić information content (AvgIpc) is 2.75. The number of nitrogens with two attached hydrogens (primary N) is 1. The molecule has 3 N–H and O–H groups in total. The Balaban J connectivity index is 2.13. The Kier molecular flexibility index (Phi) is 3.75. The van der Waals surface area contributed by atoms with Crippen molar-refractivity contribution in [3.63, 3.8) is 0 Å². The zero-order valence-corrected chi connectivity index (χ0v) is 9.65. The molecule has 0 heterocycles. The van der Waals surface area contributed by atoms with Crippen molar-refractivity contribution in [1.29, 1.82) is 0 Å². The minimum atomic E-state index is 0.377. The molecule has 0 aromatic heterocycles. The van der Waals surface area contributed by atoms with Crippen molar-refractivity contribution in [3.05, 3.63) is 48.0 Å². The molecule has 1 aromatic rings. The molecule has 0 saturated carbocycles. The molecule has 1 aliphatic rings. The predicted octanol–water partition coefficient (Wildman–Crippen LogP) is 2.51. The van der Waals surface area contributed by atoms with Crippen molar-refractivity contribution in [1.82, 2.24) is 5.43 Å². The first-order chi connectivity index (χ1) is 7.86. The third-order valence-electron chi connectivity index (χ3n) is 3.56. The van der Waals surface area contributed by atoms with Gasteiger partial charge in [-0.15, -0.1) is 6.58 Å². The van der Waals surface area contributed by atoms with Crippen molar-refractivity contribution in [2.24, 2.45) is 5.84 Å². The van der Waals surface area contributed by atoms with Gasteiger partial charge >= 0.3 is 0 Å². The van der Waals surface area contributed by atoms with Crippen LogP contribution in [0.2, 0.25) is 0 Å². The smallest absolute Gasteiger partial charge is 0.0282 e. The normalized spacial score (nSPS) is 20.4. The van der Waals surface area contributed by atoms with Crippen LogP contribution in [-0.4, -0.2) is 6.04 Å². The molecular formula is C14H20N2. The van der Waals surface area contributed by atoms with E-state index >= 15 is 0 Å². The van der Waals surface area contributed by atoms with Crippen LogP contribution in [0.5, 0.6) is 0 Å². The van der Waals surface area contributed by atoms with Gasteiger partial charge in [-0.05, 0) is 36.8 Å². The first-order valence-electron chi connectivity index (χ1n) is 6.01. The summed E-state index contributed by atoms with van der Waals surface area (Å²) in [4.78, 5) is 0. The largest absolute Gasteiger partial charge is 0.271 e. The number of rotatable bonds is 5. The maximum Gasteiger partial charge on any atom is 0.0282 e. The lowest BCUT2D eigenvalue weighted by Crippen LogP contribution is -2.39. The summed E-state index contributed by atoms with van der Waals surface area (Å²) in [5, 5.41) is 0. The molecule has 0 saturated heterocycles. The number of allylic oxidation sites excluding steroid dienone is 1. The molecule has 0 spiro atoms. The Hall–Kier alpha value is -1.12. The highest BCUT2D eigenvalue weighted by molar-refractivity contribution is 5.35. The Bertz CT molecular complexity index is 360. The quantitative estimate of drug-likeness (QED) is 0.451. The Morgan fingerprint density at radius 2 is 2.31 bits per heavy atom. The van der Waals surface area contributed by atoms with E-state index < -0.39 is 0 Å². The number of nitrogens with one attached hydrogen (secondary N) is 1. The second-order valence-corrected chi connectivity index (χ2v) is 4.48. The third kappa shape index (κ3) is 2.18. The number of hydrogen-bond donors (Lipinski definition) is 2. The molecule has 1 aromatic carbocycles. The monoisotopic (exact) mass is 216 g/mol. The molecule has 86 valence electrons. The molecule has 0 radical (unpaired) electrons. The highest BCUT2D eigenvalue weighted by Gasteiger charge is 2.28. The Morgan fingerprint density at radius 1 is 1.50 bits per heavy atom. The maximum atomic E-state index is 5.67. The summed E-state index contributed by atoms with van der Waals surface area (Å²) >= 11 is 0. The van der Waals surface area contributed by atoms with Crippen molar-refractivity contribution in [2.75, 3.05) is 0 Å². The molecule has 0 bridgehead atoms. The van der Waals surface area contributed by atoms with Crippen molar-refractivity contribution in [3.8, 4) is 0 Å². The number of benzene rings is 1. The van der Waals surface area contributed by atoms with E-state index in [0.29, 0.717) is 12.0 Å². The van der Waals surface area contributed by atoms with Gasteiger partial charge in [-0.2, -0.15) is 0 Å². The average molecular weight is 216 g/mol. The van der Waals surface area contributed by atoms with E-state index in [0.717, 1.165) is 12.8 Å². The molecule has 1 aliphatic carbocycles. The summed E-state index contributed by atoms with van der Waals surface area (Å²) in [5.74, 6) is 6.24. The molecule has 2 atom stereocenters. The first-order valence-corrected chi connectivity index (χ1v) is 6.01. The van der Waals surface area contributed by atoms with Crippen molar-refractivity contribution < 1.29 is 0 Å². The number of aryl methyl sites for hydroxylation is 1. The van der Waals surface area contributed by atoms with Crippen molar-refractivity contribution >= 4 is 0 Å². The highest BCUT2D eigenvalue weighted by Crippen LogP contribution is 2.36. The molecule has 2 unspecified atom stereocenters. The summed E-state index contributed by atoms with van der Waals surface area (Å²) in [6, 6.07) is 9.09. The van der Waals surface area contributed by atoms with Gasteiger partial charge in [-0.1, -0.05) is 30.3 Å². The maximum absolute atomic E-state index is 5.67. The standard InChI is InChI=1S/C14H20N2/c1-2-3-8-14(16-15)13-10-9-11-6-4-5-7-12(11)13/h2,4-7,13-14,16H,1,3,8-10,15H2. The van der Waals surface area contributed by atoms with E-state index in [2.05, 4.69) is 36.3 Å². The van der Waals surface area contributed by atoms with Crippen LogP contribution in [0, 0.1) is 0 Å². The number of hydrogen-bond acceptors (Lipinski definition) is 2. The Morgan fingerprint density at radius 3 is 3.06 bits per heavy atom. The minimum Gasteiger partial charge on any atom is -0.271 e. The molecule has 2 nitrogen and oxygen atoms in total. The van der Waals surface area contributed by atoms with Crippen LogP contribution in [0.4, 0.5) is 0 Å². The van der Waals surface area contributed by atoms with E-state index in [4.69, 9.17) is 5.84 Å². The zero-order valence-electron chi connectivity index (χ0n) is 9.65. The van der Waals surface area contributed by atoms with Crippen LogP contribution in [-0.2, 0) is 6.42 Å². The van der Waals surface area contributed by atoms with Gasteiger partial charge in [0.2, 0.25) is 0 Å². The topological polar surface area (TPSA) is 38.0 Å². The molecule has 0 aliphatic heterocycles. The first kappa shape index (κ1) is 11.4. The zero-order chi connectivity index (χ0) is 11.4. The second kappa shape index (κ2) is 5.28. The summed E-state index contributed by atoms with van der Waals surface area (Å²) in [6.07, 6.45) is 6.45. The Labute approximate surface area is 97.5 Å². The van der Waals surface area contributed by atoms with E-state index in [-0.39, 0.29) is 0 Å². The second-order valence-electron chi connectivity index (χ2n) is 4.48. The van der Waals surface area contributed by atoms with Crippen LogP contribution >= 0.6 is 0 Å². The fraction of sp³-hybridized carbons (Fsp3) is 0.429. The van der Waals surface area contributed by atoms with Gasteiger partial charge in [-0.3, -0.25) is 11.3 Å². The van der Waals surface area contributed by atoms with Gasteiger partial charge in [0.25, 0.3) is 0 Å². The van der Waals surface area contributed by atoms with Gasteiger partial charge in [0.15, 0.2) is 0 Å². The summed E-state index contributed by atoms with van der Waals surface area (Å²) < 4.78 is 0. The third-order valence-corrected chi connectivity index (χ3v) is 3.56. The lowest BCUT2D eigenvalue weighted by molar-refractivity contribution is 0.415. The van der Waals surface area contributed by atoms with Crippen molar-refractivity contribution in [2.45, 2.75) is 37.6 Å². The molecular weight excluding hydrogens is 196 g/mol. The van der Waals surface area contributed by atoms with Gasteiger partial charge in [-0.25, -0.2) is 0 Å². The van der Waals surface area contributed by atoms with Gasteiger partial charge in [0, 0.05) is 12.0 Å². The van der Waals surface area contributed by atoms with Crippen LogP contribution in [0.3, 0.4) is 0 Å². The van der Waals surface area contributed by atoms with Crippen LogP contribution in [0.1, 0.15) is 36.3 Å². The van der Waals surface area contributed by atoms with E-state index in [9.17, 15) is 0 Å². The van der Waals surface area contributed by atoms with Gasteiger partial charge in [0.1, 0.15) is 0 Å². The summed E-state index contributed by atoms with van der Waals surface area (Å²) in [5.41, 5.74) is 5.94. The predicted molar refractivity (Wildman–Crippen MR) is 68.0 cm³/mol. The molecule has 2 rings (SSSR count). The van der Waals surface area contributed by atoms with E-state index in [1.165, 1.54) is 24.0 Å². The number of hydrazine groups is 1. The molecule has 0 fully saturated rings. The minimum absolute atomic E-state index is 0.377. The SMILES string of the molecule is C=CCCC(NN)C1CCc2ccccc21. The van der Waals surface area contributed by atoms with Crippen LogP contribution in [0.25, 0.3) is 0 Å². The van der Waals surface area contributed by atoms with Crippen LogP contribution < -0.4 is 11.3 Å². The molecule has 0 amide bonds. The summed E-state index contributed by atoms with van der Waals surface area (Å²) in [6.45, 7) is 3.77. The van der Waals surface area contributed by atoms with E-state index in [1.807, 2.05) is 6.08 Å². The number of fused-ring (bicyclic) bond motifs is 1. The fourth-order valence-electron chi connectivity index (χ4n) is 2.71. The fourth-order valence-corrected chi connectivity index (χ4v) is 2.71. The molecule has 2 heteroatoms. The lowest BCUT2D eigenvalue weighted by Gasteiger charge is -2.23. The van der Waals surface area contributed by atoms with Gasteiger partial charge < -0.3 is 0 Å².